The second-order valence-corrected chi connectivity index (χ2v) is 7.29. The molecule has 0 radical (unpaired) electrons. The summed E-state index contributed by atoms with van der Waals surface area (Å²) in [6.45, 7) is 2.35. The number of fused-ring (bicyclic) bond motifs is 1. The van der Waals surface area contributed by atoms with Crippen molar-refractivity contribution in [2.75, 3.05) is 5.32 Å². The Morgan fingerprint density at radius 1 is 1.07 bits per heavy atom. The summed E-state index contributed by atoms with van der Waals surface area (Å²) in [4.78, 5) is 17.3. The number of nitrogens with zero attached hydrogens (tertiary/aromatic N) is 1. The Labute approximate surface area is 174 Å². The van der Waals surface area contributed by atoms with E-state index in [0.29, 0.717) is 22.8 Å². The average Bonchev–Trinajstić information content (AvgIpc) is 2.74. The first-order valence-electron chi connectivity index (χ1n) is 9.31. The highest BCUT2D eigenvalue weighted by Crippen LogP contribution is 2.33. The van der Waals surface area contributed by atoms with Crippen molar-refractivity contribution in [2.24, 2.45) is 5.73 Å². The quantitative estimate of drug-likeness (QED) is 0.469. The molecule has 4 rings (SSSR count). The number of halogens is 1. The Balaban J connectivity index is 1.70. The van der Waals surface area contributed by atoms with E-state index >= 15 is 0 Å². The van der Waals surface area contributed by atoms with Gasteiger partial charge in [-0.3, -0.25) is 9.78 Å². The van der Waals surface area contributed by atoms with Gasteiger partial charge in [-0.15, -0.1) is 0 Å². The van der Waals surface area contributed by atoms with Gasteiger partial charge in [-0.25, -0.2) is 0 Å². The van der Waals surface area contributed by atoms with Gasteiger partial charge in [0, 0.05) is 34.9 Å². The zero-order chi connectivity index (χ0) is 20.4. The summed E-state index contributed by atoms with van der Waals surface area (Å²) in [5, 5.41) is 5.63. The molecule has 29 heavy (non-hydrogen) atoms. The predicted molar refractivity (Wildman–Crippen MR) is 119 cm³/mol. The van der Waals surface area contributed by atoms with E-state index in [-0.39, 0.29) is 5.91 Å². The molecule has 1 aromatic heterocycles. The van der Waals surface area contributed by atoms with Crippen LogP contribution in [0, 0.1) is 6.92 Å². The molecule has 3 N–H and O–H groups in total. The molecule has 0 aliphatic carbocycles. The summed E-state index contributed by atoms with van der Waals surface area (Å²) in [5.41, 5.74) is 10.4. The zero-order valence-electron chi connectivity index (χ0n) is 15.9. The molecule has 144 valence electrons. The van der Waals surface area contributed by atoms with Gasteiger partial charge in [-0.1, -0.05) is 48.0 Å². The minimum absolute atomic E-state index is 0.176. The third-order valence-corrected chi connectivity index (χ3v) is 5.25. The largest absolute Gasteiger partial charge is 0.326 e. The van der Waals surface area contributed by atoms with Crippen LogP contribution >= 0.6 is 11.6 Å². The number of hydrogen-bond acceptors (Lipinski definition) is 3. The number of carbonyl (C=O) groups excluding carboxylic acids is 1. The smallest absolute Gasteiger partial charge is 0.255 e. The van der Waals surface area contributed by atoms with Gasteiger partial charge in [0.15, 0.2) is 0 Å². The summed E-state index contributed by atoms with van der Waals surface area (Å²) in [6.07, 6.45) is 1.77. The van der Waals surface area contributed by atoms with Crippen LogP contribution in [0.2, 0.25) is 5.02 Å². The van der Waals surface area contributed by atoms with Crippen molar-refractivity contribution in [2.45, 2.75) is 13.5 Å². The van der Waals surface area contributed by atoms with E-state index in [0.717, 1.165) is 33.2 Å². The molecule has 4 aromatic rings. The van der Waals surface area contributed by atoms with E-state index in [9.17, 15) is 4.79 Å². The molecule has 0 saturated carbocycles. The second-order valence-electron chi connectivity index (χ2n) is 6.88. The normalized spacial score (nSPS) is 10.9. The van der Waals surface area contributed by atoms with Crippen LogP contribution in [0.25, 0.3) is 22.0 Å². The Hall–Kier alpha value is -3.21. The highest BCUT2D eigenvalue weighted by atomic mass is 35.5. The summed E-state index contributed by atoms with van der Waals surface area (Å²) >= 11 is 6.48. The fourth-order valence-electron chi connectivity index (χ4n) is 3.42. The number of carbonyl (C=O) groups is 1. The van der Waals surface area contributed by atoms with Gasteiger partial charge in [0.2, 0.25) is 0 Å². The number of anilines is 1. The van der Waals surface area contributed by atoms with Crippen molar-refractivity contribution < 1.29 is 4.79 Å². The molecular weight excluding hydrogens is 382 g/mol. The Kier molecular flexibility index (Phi) is 5.30. The molecule has 0 aliphatic rings. The fourth-order valence-corrected chi connectivity index (χ4v) is 3.63. The number of benzene rings is 3. The number of amides is 1. The first kappa shape index (κ1) is 19.1. The molecule has 0 saturated heterocycles. The fraction of sp³-hybridized carbons (Fsp3) is 0.0833. The third kappa shape index (κ3) is 3.86. The van der Waals surface area contributed by atoms with E-state index < -0.39 is 0 Å². The highest BCUT2D eigenvalue weighted by Gasteiger charge is 2.13. The number of nitrogens with one attached hydrogen (secondary N) is 1. The van der Waals surface area contributed by atoms with E-state index in [4.69, 9.17) is 17.3 Å². The summed E-state index contributed by atoms with van der Waals surface area (Å²) < 4.78 is 0. The van der Waals surface area contributed by atoms with Gasteiger partial charge in [0.05, 0.1) is 10.7 Å². The van der Waals surface area contributed by atoms with Gasteiger partial charge in [-0.2, -0.15) is 0 Å². The van der Waals surface area contributed by atoms with Crippen molar-refractivity contribution in [1.82, 2.24) is 4.98 Å². The molecule has 5 heteroatoms. The van der Waals surface area contributed by atoms with Crippen molar-refractivity contribution in [3.05, 3.63) is 94.6 Å². The first-order chi connectivity index (χ1) is 14.1. The van der Waals surface area contributed by atoms with Crippen LogP contribution in [-0.4, -0.2) is 10.9 Å². The van der Waals surface area contributed by atoms with Crippen molar-refractivity contribution in [3.63, 3.8) is 0 Å². The van der Waals surface area contributed by atoms with Crippen LogP contribution in [0.1, 0.15) is 21.5 Å². The summed E-state index contributed by atoms with van der Waals surface area (Å²) in [5.74, 6) is -0.176. The van der Waals surface area contributed by atoms with Gasteiger partial charge in [-0.05, 0) is 53.8 Å². The van der Waals surface area contributed by atoms with E-state index in [1.54, 1.807) is 24.4 Å². The summed E-state index contributed by atoms with van der Waals surface area (Å²) in [6, 6.07) is 21.0. The SMILES string of the molecule is Cc1cc(CN)ccc1C(=O)Nc1ccc(Cl)c(-c2nccc3ccccc23)c1. The molecule has 1 amide bonds. The molecule has 3 aromatic carbocycles. The van der Waals surface area contributed by atoms with Crippen molar-refractivity contribution in [3.8, 4) is 11.3 Å². The van der Waals surface area contributed by atoms with E-state index in [2.05, 4.69) is 10.3 Å². The minimum atomic E-state index is -0.176. The minimum Gasteiger partial charge on any atom is -0.326 e. The maximum Gasteiger partial charge on any atom is 0.255 e. The third-order valence-electron chi connectivity index (χ3n) is 4.92. The predicted octanol–water partition coefficient (Wildman–Crippen LogP) is 5.57. The summed E-state index contributed by atoms with van der Waals surface area (Å²) in [7, 11) is 0. The molecular formula is C24H20ClN3O. The van der Waals surface area contributed by atoms with Crippen LogP contribution in [-0.2, 0) is 6.54 Å². The Bertz CT molecular complexity index is 1210. The molecule has 4 nitrogen and oxygen atoms in total. The number of hydrogen-bond donors (Lipinski definition) is 2. The van der Waals surface area contributed by atoms with E-state index in [1.165, 1.54) is 0 Å². The Morgan fingerprint density at radius 3 is 2.69 bits per heavy atom. The molecule has 0 bridgehead atoms. The number of aromatic nitrogens is 1. The molecule has 0 spiro atoms. The molecule has 0 atom stereocenters. The van der Waals surface area contributed by atoms with Crippen LogP contribution in [0.5, 0.6) is 0 Å². The van der Waals surface area contributed by atoms with Crippen LogP contribution < -0.4 is 11.1 Å². The average molecular weight is 402 g/mol. The zero-order valence-corrected chi connectivity index (χ0v) is 16.7. The highest BCUT2D eigenvalue weighted by molar-refractivity contribution is 6.33. The van der Waals surface area contributed by atoms with Crippen LogP contribution in [0.15, 0.2) is 72.9 Å². The topological polar surface area (TPSA) is 68.0 Å². The van der Waals surface area contributed by atoms with Gasteiger partial charge < -0.3 is 11.1 Å². The maximum absolute atomic E-state index is 12.8. The monoisotopic (exact) mass is 401 g/mol. The lowest BCUT2D eigenvalue weighted by atomic mass is 10.0. The lowest BCUT2D eigenvalue weighted by Gasteiger charge is -2.12. The molecule has 0 fully saturated rings. The maximum atomic E-state index is 12.8. The standard InChI is InChI=1S/C24H20ClN3O/c1-15-12-16(14-26)6-8-19(15)24(29)28-18-7-9-22(25)21(13-18)23-20-5-3-2-4-17(20)10-11-27-23/h2-13H,14,26H2,1H3,(H,28,29). The molecule has 0 aliphatic heterocycles. The van der Waals surface area contributed by atoms with E-state index in [1.807, 2.05) is 55.5 Å². The van der Waals surface area contributed by atoms with Crippen LogP contribution in [0.4, 0.5) is 5.69 Å². The molecule has 0 unspecified atom stereocenters. The van der Waals surface area contributed by atoms with Gasteiger partial charge in [0.25, 0.3) is 5.91 Å². The van der Waals surface area contributed by atoms with Gasteiger partial charge >= 0.3 is 0 Å². The number of aryl methyl sites for hydroxylation is 1. The van der Waals surface area contributed by atoms with Crippen molar-refractivity contribution in [1.29, 1.82) is 0 Å². The van der Waals surface area contributed by atoms with Crippen molar-refractivity contribution >= 4 is 34.0 Å². The molecule has 1 heterocycles. The lowest BCUT2D eigenvalue weighted by molar-refractivity contribution is 0.102. The van der Waals surface area contributed by atoms with Crippen LogP contribution in [0.3, 0.4) is 0 Å². The first-order valence-corrected chi connectivity index (χ1v) is 9.69. The number of rotatable bonds is 4. The lowest BCUT2D eigenvalue weighted by Crippen LogP contribution is -2.14. The second kappa shape index (κ2) is 8.03. The number of nitrogens with two attached hydrogens (primary N) is 1. The Morgan fingerprint density at radius 2 is 1.90 bits per heavy atom. The number of pyridine rings is 1. The van der Waals surface area contributed by atoms with Gasteiger partial charge in [0.1, 0.15) is 0 Å².